The van der Waals surface area contributed by atoms with Gasteiger partial charge in [-0.2, -0.15) is 0 Å². The molecular weight excluding hydrogens is 324 g/mol. The summed E-state index contributed by atoms with van der Waals surface area (Å²) in [4.78, 5) is 23.2. The number of nitrogens with zero attached hydrogens (tertiary/aromatic N) is 1. The van der Waals surface area contributed by atoms with Gasteiger partial charge in [0, 0.05) is 20.2 Å². The van der Waals surface area contributed by atoms with E-state index >= 15 is 0 Å². The number of carboxylic acids is 1. The molecule has 0 fully saturated rings. The zero-order valence-electron chi connectivity index (χ0n) is 13.8. The second kappa shape index (κ2) is 7.14. The first-order valence-electron chi connectivity index (χ1n) is 7.03. The van der Waals surface area contributed by atoms with Crippen molar-refractivity contribution < 1.29 is 27.5 Å². The van der Waals surface area contributed by atoms with E-state index in [1.54, 1.807) is 0 Å². The third kappa shape index (κ3) is 4.55. The Labute approximate surface area is 135 Å². The Hall–Kier alpha value is -1.87. The van der Waals surface area contributed by atoms with E-state index in [9.17, 15) is 18.0 Å². The molecule has 2 N–H and O–H groups in total. The molecule has 1 atom stereocenters. The van der Waals surface area contributed by atoms with Crippen LogP contribution in [0.3, 0.4) is 0 Å². The van der Waals surface area contributed by atoms with E-state index in [1.165, 1.54) is 21.0 Å². The highest BCUT2D eigenvalue weighted by Crippen LogP contribution is 2.22. The first-order valence-corrected chi connectivity index (χ1v) is 8.47. The largest absolute Gasteiger partial charge is 0.480 e. The standard InChI is InChI=1S/C14H22N2O6S/c1-8(2)6-10(14(18)19)15-13(17)11-7-12(9(3)22-11)23(20,21)16(4)5/h7-8,10H,6H2,1-5H3,(H,15,17)(H,18,19). The summed E-state index contributed by atoms with van der Waals surface area (Å²) in [5.41, 5.74) is 0. The van der Waals surface area contributed by atoms with E-state index < -0.39 is 27.9 Å². The first-order chi connectivity index (χ1) is 10.5. The Morgan fingerprint density at radius 1 is 1.35 bits per heavy atom. The van der Waals surface area contributed by atoms with Crippen LogP contribution in [0, 0.1) is 12.8 Å². The van der Waals surface area contributed by atoms with Crippen molar-refractivity contribution in [3.63, 3.8) is 0 Å². The monoisotopic (exact) mass is 346 g/mol. The second-order valence-corrected chi connectivity index (χ2v) is 7.93. The SMILES string of the molecule is Cc1oc(C(=O)NC(CC(C)C)C(=O)O)cc1S(=O)(=O)N(C)C. The van der Waals surface area contributed by atoms with Gasteiger partial charge in [-0.1, -0.05) is 13.8 Å². The van der Waals surface area contributed by atoms with Gasteiger partial charge in [-0.25, -0.2) is 17.5 Å². The summed E-state index contributed by atoms with van der Waals surface area (Å²) >= 11 is 0. The summed E-state index contributed by atoms with van der Waals surface area (Å²) in [6.07, 6.45) is 0.254. The van der Waals surface area contributed by atoms with E-state index in [0.29, 0.717) is 0 Å². The minimum atomic E-state index is -3.74. The summed E-state index contributed by atoms with van der Waals surface area (Å²) in [6.45, 7) is 5.09. The lowest BCUT2D eigenvalue weighted by molar-refractivity contribution is -0.139. The molecule has 0 saturated heterocycles. The van der Waals surface area contributed by atoms with E-state index in [0.717, 1.165) is 10.4 Å². The fraction of sp³-hybridized carbons (Fsp3) is 0.571. The Morgan fingerprint density at radius 3 is 2.35 bits per heavy atom. The number of hydrogen-bond acceptors (Lipinski definition) is 5. The Bertz CT molecular complexity index is 690. The van der Waals surface area contributed by atoms with Crippen LogP contribution in [-0.2, 0) is 14.8 Å². The smallest absolute Gasteiger partial charge is 0.326 e. The van der Waals surface area contributed by atoms with Crippen molar-refractivity contribution in [2.45, 2.75) is 38.1 Å². The number of hydrogen-bond donors (Lipinski definition) is 2. The predicted molar refractivity (Wildman–Crippen MR) is 82.7 cm³/mol. The summed E-state index contributed by atoms with van der Waals surface area (Å²) in [5, 5.41) is 11.5. The number of rotatable bonds is 7. The van der Waals surface area contributed by atoms with Crippen molar-refractivity contribution in [2.75, 3.05) is 14.1 Å². The van der Waals surface area contributed by atoms with Gasteiger partial charge in [-0.05, 0) is 19.3 Å². The lowest BCUT2D eigenvalue weighted by Gasteiger charge is -2.15. The molecule has 1 amide bonds. The Kier molecular flexibility index (Phi) is 5.95. The highest BCUT2D eigenvalue weighted by molar-refractivity contribution is 7.89. The number of furan rings is 1. The molecular formula is C14H22N2O6S. The summed E-state index contributed by atoms with van der Waals surface area (Å²) < 4.78 is 30.4. The summed E-state index contributed by atoms with van der Waals surface area (Å²) in [5.74, 6) is -2.02. The summed E-state index contributed by atoms with van der Waals surface area (Å²) in [6, 6.07) is 0.0377. The summed E-state index contributed by atoms with van der Waals surface area (Å²) in [7, 11) is -1.01. The van der Waals surface area contributed by atoms with Crippen LogP contribution in [0.5, 0.6) is 0 Å². The van der Waals surface area contributed by atoms with Gasteiger partial charge in [0.15, 0.2) is 5.76 Å². The van der Waals surface area contributed by atoms with Crippen molar-refractivity contribution in [3.8, 4) is 0 Å². The van der Waals surface area contributed by atoms with Crippen molar-refractivity contribution in [1.29, 1.82) is 0 Å². The van der Waals surface area contributed by atoms with Gasteiger partial charge in [-0.3, -0.25) is 4.79 Å². The van der Waals surface area contributed by atoms with Crippen LogP contribution >= 0.6 is 0 Å². The van der Waals surface area contributed by atoms with Gasteiger partial charge >= 0.3 is 5.97 Å². The van der Waals surface area contributed by atoms with E-state index in [-0.39, 0.29) is 28.8 Å². The van der Waals surface area contributed by atoms with Gasteiger partial charge < -0.3 is 14.8 Å². The molecule has 0 spiro atoms. The Balaban J connectivity index is 3.04. The van der Waals surface area contributed by atoms with Gasteiger partial charge in [0.25, 0.3) is 5.91 Å². The third-order valence-electron chi connectivity index (χ3n) is 3.17. The number of amides is 1. The van der Waals surface area contributed by atoms with Crippen LogP contribution in [0.1, 0.15) is 36.6 Å². The zero-order valence-corrected chi connectivity index (χ0v) is 14.6. The third-order valence-corrected chi connectivity index (χ3v) is 5.09. The number of aliphatic carboxylic acids is 1. The molecule has 23 heavy (non-hydrogen) atoms. The highest BCUT2D eigenvalue weighted by atomic mass is 32.2. The van der Waals surface area contributed by atoms with Crippen molar-refractivity contribution in [3.05, 3.63) is 17.6 Å². The van der Waals surface area contributed by atoms with E-state index in [1.807, 2.05) is 13.8 Å². The molecule has 1 aromatic rings. The number of carbonyl (C=O) groups is 2. The minimum absolute atomic E-state index is 0.0689. The highest BCUT2D eigenvalue weighted by Gasteiger charge is 2.28. The fourth-order valence-electron chi connectivity index (χ4n) is 1.95. The molecule has 8 nitrogen and oxygen atoms in total. The number of sulfonamides is 1. The van der Waals surface area contributed by atoms with Crippen LogP contribution in [0.15, 0.2) is 15.4 Å². The molecule has 1 rings (SSSR count). The molecule has 0 aliphatic heterocycles. The maximum Gasteiger partial charge on any atom is 0.326 e. The van der Waals surface area contributed by atoms with Crippen LogP contribution < -0.4 is 5.32 Å². The Morgan fingerprint density at radius 2 is 1.91 bits per heavy atom. The van der Waals surface area contributed by atoms with Crippen LogP contribution in [0.25, 0.3) is 0 Å². The molecule has 1 aromatic heterocycles. The fourth-order valence-corrected chi connectivity index (χ4v) is 3.01. The molecule has 0 bridgehead atoms. The minimum Gasteiger partial charge on any atom is -0.480 e. The van der Waals surface area contributed by atoms with Crippen molar-refractivity contribution in [1.82, 2.24) is 9.62 Å². The van der Waals surface area contributed by atoms with Crippen molar-refractivity contribution in [2.24, 2.45) is 5.92 Å². The van der Waals surface area contributed by atoms with Gasteiger partial charge in [0.1, 0.15) is 16.7 Å². The topological polar surface area (TPSA) is 117 Å². The zero-order chi connectivity index (χ0) is 17.9. The molecule has 0 aromatic carbocycles. The number of carboxylic acid groups (broad SMARTS) is 1. The van der Waals surface area contributed by atoms with Gasteiger partial charge in [0.05, 0.1) is 0 Å². The maximum absolute atomic E-state index is 12.1. The lowest BCUT2D eigenvalue weighted by Crippen LogP contribution is -2.41. The van der Waals surface area contributed by atoms with E-state index in [4.69, 9.17) is 9.52 Å². The molecule has 0 aliphatic rings. The quantitative estimate of drug-likeness (QED) is 0.762. The lowest BCUT2D eigenvalue weighted by atomic mass is 10.0. The van der Waals surface area contributed by atoms with Gasteiger partial charge in [0.2, 0.25) is 10.0 Å². The predicted octanol–water partition coefficient (Wildman–Crippen LogP) is 1.07. The maximum atomic E-state index is 12.1. The molecule has 1 unspecified atom stereocenters. The first kappa shape index (κ1) is 19.2. The molecule has 0 aliphatic carbocycles. The van der Waals surface area contributed by atoms with E-state index in [2.05, 4.69) is 5.32 Å². The molecule has 9 heteroatoms. The van der Waals surface area contributed by atoms with Crippen LogP contribution in [0.2, 0.25) is 0 Å². The molecule has 0 saturated carbocycles. The van der Waals surface area contributed by atoms with Gasteiger partial charge in [-0.15, -0.1) is 0 Å². The average molecular weight is 346 g/mol. The average Bonchev–Trinajstić information content (AvgIpc) is 2.79. The molecule has 0 radical (unpaired) electrons. The van der Waals surface area contributed by atoms with Crippen LogP contribution in [-0.4, -0.2) is 49.8 Å². The second-order valence-electron chi connectivity index (χ2n) is 5.81. The number of aryl methyl sites for hydroxylation is 1. The molecule has 1 heterocycles. The van der Waals surface area contributed by atoms with Crippen molar-refractivity contribution >= 4 is 21.9 Å². The number of carbonyl (C=O) groups excluding carboxylic acids is 1. The number of nitrogens with one attached hydrogen (secondary N) is 1. The normalized spacial score (nSPS) is 13.3. The van der Waals surface area contributed by atoms with Crippen LogP contribution in [0.4, 0.5) is 0 Å². The molecule has 130 valence electrons.